The summed E-state index contributed by atoms with van der Waals surface area (Å²) < 4.78 is 81.4. The van der Waals surface area contributed by atoms with Crippen molar-refractivity contribution >= 4 is 37.0 Å². The van der Waals surface area contributed by atoms with Gasteiger partial charge in [-0.3, -0.25) is 18.6 Å². The van der Waals surface area contributed by atoms with Crippen molar-refractivity contribution in [3.63, 3.8) is 0 Å². The maximum Gasteiger partial charge on any atom is 0.326 e. The highest BCUT2D eigenvalue weighted by Gasteiger charge is 2.44. The molecule has 1 aliphatic heterocycles. The number of nitriles is 1. The van der Waals surface area contributed by atoms with Crippen LogP contribution in [0.2, 0.25) is 0 Å². The summed E-state index contributed by atoms with van der Waals surface area (Å²) in [6.45, 7) is 3.57. The van der Waals surface area contributed by atoms with Crippen LogP contribution >= 0.6 is 0 Å². The third kappa shape index (κ3) is 8.85. The number of fused-ring (bicyclic) bond motifs is 2. The summed E-state index contributed by atoms with van der Waals surface area (Å²) in [7, 11) is -7.33. The van der Waals surface area contributed by atoms with E-state index in [2.05, 4.69) is 14.8 Å². The van der Waals surface area contributed by atoms with Crippen molar-refractivity contribution in [3.8, 4) is 6.07 Å². The summed E-state index contributed by atoms with van der Waals surface area (Å²) in [6.07, 6.45) is 5.64. The zero-order chi connectivity index (χ0) is 32.4. The minimum atomic E-state index is -3.67. The highest BCUT2D eigenvalue weighted by molar-refractivity contribution is 7.85. The summed E-state index contributed by atoms with van der Waals surface area (Å²) in [5, 5.41) is 8.94. The third-order valence-corrected chi connectivity index (χ3v) is 8.28. The van der Waals surface area contributed by atoms with Crippen molar-refractivity contribution in [2.75, 3.05) is 43.6 Å². The highest BCUT2D eigenvalue weighted by Crippen LogP contribution is 2.50. The maximum atomic E-state index is 14.0. The Balaban J connectivity index is 0.000000386. The zero-order valence-corrected chi connectivity index (χ0v) is 25.9. The quantitative estimate of drug-likeness (QED) is 0.356. The third-order valence-electron chi connectivity index (χ3n) is 8.28. The van der Waals surface area contributed by atoms with E-state index in [1.165, 1.54) is 18.2 Å². The number of anilines is 1. The second-order valence-electron chi connectivity index (χ2n) is 11.5. The molecule has 3 aromatic rings. The van der Waals surface area contributed by atoms with E-state index in [4.69, 9.17) is 14.4 Å². The molecule has 2 aromatic carbocycles. The number of piperazine rings is 1. The normalized spacial score (nSPS) is 23.7. The number of imidazole rings is 1. The number of nitrogens with one attached hydrogen (secondary N) is 1. The van der Waals surface area contributed by atoms with Crippen molar-refractivity contribution in [2.45, 2.75) is 37.8 Å². The fraction of sp³-hybridized carbons (Fsp3) is 0.500. The first kappa shape index (κ1) is 33.5. The molecule has 3 fully saturated rings. The molecule has 2 unspecified atom stereocenters. The van der Waals surface area contributed by atoms with Gasteiger partial charge in [0.05, 0.1) is 29.1 Å². The molecular weight excluding hydrogens is 620 g/mol. The van der Waals surface area contributed by atoms with Gasteiger partial charge in [0.2, 0.25) is 0 Å². The predicted octanol–water partition coefficient (Wildman–Crippen LogP) is 3.04. The smallest absolute Gasteiger partial charge is 0.326 e. The largest absolute Gasteiger partial charge is 0.369 e. The molecule has 1 saturated heterocycles. The molecule has 240 valence electrons. The number of halogens is 2. The summed E-state index contributed by atoms with van der Waals surface area (Å²) in [5.41, 5.74) is 2.14. The Hall–Kier alpha value is -3.36. The molecule has 44 heavy (non-hydrogen) atoms. The number of benzene rings is 2. The average molecular weight is 656 g/mol. The Labute approximate surface area is 254 Å². The molecule has 0 spiro atoms. The fourth-order valence-electron chi connectivity index (χ4n) is 6.66. The zero-order valence-electron chi connectivity index (χ0n) is 24.2. The van der Waals surface area contributed by atoms with E-state index in [-0.39, 0.29) is 23.1 Å². The van der Waals surface area contributed by atoms with Gasteiger partial charge in [0.1, 0.15) is 17.7 Å². The number of nitrogens with zero attached hydrogens (tertiary/aromatic N) is 4. The van der Waals surface area contributed by atoms with Crippen LogP contribution in [0.15, 0.2) is 41.2 Å². The molecule has 2 atom stereocenters. The lowest BCUT2D eigenvalue weighted by Crippen LogP contribution is -2.50. The lowest BCUT2D eigenvalue weighted by molar-refractivity contribution is 0.177. The topological polar surface area (TPSA) is 177 Å². The first-order valence-electron chi connectivity index (χ1n) is 13.9. The van der Waals surface area contributed by atoms with E-state index in [1.54, 1.807) is 16.7 Å². The van der Waals surface area contributed by atoms with Crippen LogP contribution in [0.1, 0.15) is 37.3 Å². The van der Waals surface area contributed by atoms with Crippen molar-refractivity contribution in [1.82, 2.24) is 14.5 Å². The van der Waals surface area contributed by atoms with Gasteiger partial charge < -0.3 is 9.88 Å². The second kappa shape index (κ2) is 13.3. The number of hydrogen-bond acceptors (Lipinski definition) is 8. The van der Waals surface area contributed by atoms with Gasteiger partial charge in [0.25, 0.3) is 20.2 Å². The number of rotatable bonds is 3. The molecule has 0 radical (unpaired) electrons. The van der Waals surface area contributed by atoms with Crippen LogP contribution in [0.5, 0.6) is 0 Å². The van der Waals surface area contributed by atoms with Crippen LogP contribution in [0.4, 0.5) is 14.5 Å². The molecule has 6 rings (SSSR count). The van der Waals surface area contributed by atoms with Gasteiger partial charge in [-0.25, -0.2) is 13.6 Å². The van der Waals surface area contributed by atoms with E-state index >= 15 is 0 Å². The van der Waals surface area contributed by atoms with Crippen LogP contribution in [-0.4, -0.2) is 85.1 Å². The first-order chi connectivity index (χ1) is 20.5. The highest BCUT2D eigenvalue weighted by atomic mass is 32.2. The number of aromatic amines is 1. The Kier molecular flexibility index (Phi) is 10.2. The SMILES string of the molecule is CS(=O)(=O)O.CS(=O)(=O)O.N#Cc1ccc(N2CCN(C3CC4CC(n5c(=O)[nH]c6ccc(F)cc65)CC4C3)CC2)cc1F. The minimum Gasteiger partial charge on any atom is -0.369 e. The molecule has 3 N–H and O–H groups in total. The molecular formula is C28H35F2N5O7S2. The van der Waals surface area contributed by atoms with Crippen LogP contribution < -0.4 is 10.6 Å². The Morgan fingerprint density at radius 3 is 1.93 bits per heavy atom. The van der Waals surface area contributed by atoms with Gasteiger partial charge in [-0.15, -0.1) is 0 Å². The molecule has 0 bridgehead atoms. The van der Waals surface area contributed by atoms with Gasteiger partial charge in [-0.2, -0.15) is 22.1 Å². The number of aromatic nitrogens is 2. The van der Waals surface area contributed by atoms with Crippen molar-refractivity contribution in [1.29, 1.82) is 5.26 Å². The Morgan fingerprint density at radius 2 is 1.41 bits per heavy atom. The van der Waals surface area contributed by atoms with Gasteiger partial charge in [0, 0.05) is 44.0 Å². The molecule has 16 heteroatoms. The summed E-state index contributed by atoms with van der Waals surface area (Å²) in [4.78, 5) is 20.2. The molecule has 2 heterocycles. The minimum absolute atomic E-state index is 0.0817. The molecule has 0 amide bonds. The Morgan fingerprint density at radius 1 is 0.864 bits per heavy atom. The molecule has 2 saturated carbocycles. The number of H-pyrrole nitrogens is 1. The summed E-state index contributed by atoms with van der Waals surface area (Å²) >= 11 is 0. The van der Waals surface area contributed by atoms with Crippen LogP contribution in [-0.2, 0) is 20.2 Å². The molecule has 3 aliphatic rings. The monoisotopic (exact) mass is 655 g/mol. The first-order valence-corrected chi connectivity index (χ1v) is 17.6. The van der Waals surface area contributed by atoms with Gasteiger partial charge >= 0.3 is 5.69 Å². The van der Waals surface area contributed by atoms with Crippen LogP contribution in [0, 0.1) is 34.8 Å². The lowest BCUT2D eigenvalue weighted by Gasteiger charge is -2.39. The summed E-state index contributed by atoms with van der Waals surface area (Å²) in [6, 6.07) is 11.9. The second-order valence-corrected chi connectivity index (χ2v) is 14.4. The summed E-state index contributed by atoms with van der Waals surface area (Å²) in [5.74, 6) is 0.399. The number of hydrogen-bond donors (Lipinski definition) is 3. The van der Waals surface area contributed by atoms with E-state index in [0.29, 0.717) is 41.4 Å². The predicted molar refractivity (Wildman–Crippen MR) is 161 cm³/mol. The van der Waals surface area contributed by atoms with E-state index in [9.17, 15) is 30.4 Å². The van der Waals surface area contributed by atoms with Crippen molar-refractivity contribution in [2.24, 2.45) is 11.8 Å². The van der Waals surface area contributed by atoms with E-state index in [1.807, 2.05) is 12.1 Å². The van der Waals surface area contributed by atoms with Crippen molar-refractivity contribution in [3.05, 3.63) is 64.1 Å². The van der Waals surface area contributed by atoms with Crippen LogP contribution in [0.3, 0.4) is 0 Å². The standard InChI is InChI=1S/C26H27F2N5O.2CH4O3S/c27-19-2-4-24-25(13-19)33(26(34)30-24)22-11-17-9-21(10-18(17)12-22)32-7-5-31(6-8-32)20-3-1-16(15-29)23(28)14-20;2*1-5(2,3)4/h1-4,13-14,17-18,21-22H,5-12H2,(H,30,34);2*1H3,(H,2,3,4). The maximum absolute atomic E-state index is 14.0. The molecule has 2 aliphatic carbocycles. The molecule has 1 aromatic heterocycles. The van der Waals surface area contributed by atoms with E-state index in [0.717, 1.165) is 57.5 Å². The van der Waals surface area contributed by atoms with Crippen molar-refractivity contribution < 1.29 is 34.7 Å². The van der Waals surface area contributed by atoms with E-state index < -0.39 is 26.1 Å². The van der Waals surface area contributed by atoms with Gasteiger partial charge in [-0.05, 0) is 73.9 Å². The van der Waals surface area contributed by atoms with Crippen LogP contribution in [0.25, 0.3) is 11.0 Å². The molecule has 12 nitrogen and oxygen atoms in total. The van der Waals surface area contributed by atoms with Gasteiger partial charge in [-0.1, -0.05) is 0 Å². The fourth-order valence-corrected chi connectivity index (χ4v) is 6.66. The van der Waals surface area contributed by atoms with Gasteiger partial charge in [0.15, 0.2) is 0 Å². The lowest BCUT2D eigenvalue weighted by atomic mass is 10.0. The Bertz CT molecular complexity index is 1750. The average Bonchev–Trinajstić information content (AvgIpc) is 3.57.